The van der Waals surface area contributed by atoms with Crippen molar-refractivity contribution in [1.29, 1.82) is 0 Å². The molecule has 0 radical (unpaired) electrons. The number of hydrogen-bond donors (Lipinski definition) is 10. The largest absolute Gasteiger partial charge is 0.394 e. The third-order valence-corrected chi connectivity index (χ3v) is 5.56. The quantitative estimate of drug-likeness (QED) is 0.0936. The highest BCUT2D eigenvalue weighted by atomic mass is 16.7. The van der Waals surface area contributed by atoms with Gasteiger partial charge in [-0.2, -0.15) is 0 Å². The van der Waals surface area contributed by atoms with E-state index in [2.05, 4.69) is 5.32 Å². The molecule has 1 aliphatic rings. The van der Waals surface area contributed by atoms with Crippen LogP contribution in [0.1, 0.15) is 38.5 Å². The molecule has 1 amide bonds. The number of ether oxygens (including phenoxy) is 2. The van der Waals surface area contributed by atoms with Gasteiger partial charge in [-0.25, -0.2) is 0 Å². The van der Waals surface area contributed by atoms with Crippen molar-refractivity contribution in [2.45, 2.75) is 93.6 Å². The lowest BCUT2D eigenvalue weighted by Gasteiger charge is -2.42. The average molecular weight is 485 g/mol. The van der Waals surface area contributed by atoms with Crippen LogP contribution in [0.2, 0.25) is 0 Å². The minimum Gasteiger partial charge on any atom is -0.394 e. The number of nitrogens with two attached hydrogens (primary N) is 1. The van der Waals surface area contributed by atoms with Gasteiger partial charge in [0.1, 0.15) is 42.7 Å². The molecular weight excluding hydrogens is 444 g/mol. The molecule has 0 spiro atoms. The van der Waals surface area contributed by atoms with Gasteiger partial charge in [-0.05, 0) is 19.4 Å². The van der Waals surface area contributed by atoms with Crippen LogP contribution in [0, 0.1) is 0 Å². The molecular formula is C20H40N2O11. The third-order valence-electron chi connectivity index (χ3n) is 5.56. The lowest BCUT2D eigenvalue weighted by Crippen LogP contribution is -2.62. The first-order valence-electron chi connectivity index (χ1n) is 11.3. The van der Waals surface area contributed by atoms with Gasteiger partial charge in [-0.15, -0.1) is 0 Å². The van der Waals surface area contributed by atoms with E-state index in [1.807, 2.05) is 0 Å². The third kappa shape index (κ3) is 9.30. The van der Waals surface area contributed by atoms with Crippen LogP contribution in [-0.2, 0) is 14.3 Å². The molecule has 9 atom stereocenters. The molecule has 11 N–H and O–H groups in total. The monoisotopic (exact) mass is 484 g/mol. The number of aliphatic hydroxyl groups excluding tert-OH is 8. The molecule has 1 fully saturated rings. The summed E-state index contributed by atoms with van der Waals surface area (Å²) in [5.41, 5.74) is 5.43. The van der Waals surface area contributed by atoms with Crippen LogP contribution >= 0.6 is 0 Å². The van der Waals surface area contributed by atoms with Crippen molar-refractivity contribution in [3.05, 3.63) is 0 Å². The molecule has 33 heavy (non-hydrogen) atoms. The summed E-state index contributed by atoms with van der Waals surface area (Å²) in [6.45, 7) is -0.765. The SMILES string of the molecule is NCCCCCCCCNC(=O)[C@H](O)[C@@H](O)[C@@H](O[C@@H]1OC(CO)[C@H](O)C(O)C1O)[C@H](O)CO. The fraction of sp³-hybridized carbons (Fsp3) is 0.950. The zero-order chi connectivity index (χ0) is 25.0. The first kappa shape index (κ1) is 30.1. The first-order chi connectivity index (χ1) is 15.7. The molecule has 13 heteroatoms. The van der Waals surface area contributed by atoms with E-state index in [0.717, 1.165) is 32.1 Å². The smallest absolute Gasteiger partial charge is 0.251 e. The number of amides is 1. The van der Waals surface area contributed by atoms with Gasteiger partial charge in [0.25, 0.3) is 5.91 Å². The minimum atomic E-state index is -2.05. The Labute approximate surface area is 192 Å². The summed E-state index contributed by atoms with van der Waals surface area (Å²) in [6.07, 6.45) is -10.6. The number of nitrogens with one attached hydrogen (secondary N) is 1. The zero-order valence-electron chi connectivity index (χ0n) is 18.6. The van der Waals surface area contributed by atoms with Crippen molar-refractivity contribution in [2.75, 3.05) is 26.3 Å². The van der Waals surface area contributed by atoms with Crippen molar-refractivity contribution in [3.8, 4) is 0 Å². The summed E-state index contributed by atoms with van der Waals surface area (Å²) < 4.78 is 10.4. The van der Waals surface area contributed by atoms with Crippen LogP contribution in [0.5, 0.6) is 0 Å². The molecule has 1 heterocycles. The zero-order valence-corrected chi connectivity index (χ0v) is 18.6. The predicted octanol–water partition coefficient (Wildman–Crippen LogP) is -4.34. The fourth-order valence-electron chi connectivity index (χ4n) is 3.46. The van der Waals surface area contributed by atoms with Gasteiger partial charge in [0.15, 0.2) is 12.4 Å². The minimum absolute atomic E-state index is 0.250. The van der Waals surface area contributed by atoms with Crippen LogP contribution in [0.4, 0.5) is 0 Å². The standard InChI is InChI=1S/C20H40N2O11/c21-7-5-3-1-2-4-6-8-22-19(31)16(29)15(28)18(11(25)9-23)33-20-17(30)14(27)13(26)12(10-24)32-20/h11-18,20,23-30H,1-10,21H2,(H,22,31)/t11-,12?,13+,14?,15-,16-,17?,18+,20+/m1/s1. The molecule has 3 unspecified atom stereocenters. The van der Waals surface area contributed by atoms with Gasteiger partial charge in [-0.3, -0.25) is 4.79 Å². The van der Waals surface area contributed by atoms with Crippen molar-refractivity contribution in [3.63, 3.8) is 0 Å². The van der Waals surface area contributed by atoms with E-state index in [9.17, 15) is 45.6 Å². The van der Waals surface area contributed by atoms with Crippen molar-refractivity contribution in [2.24, 2.45) is 5.73 Å². The number of rotatable bonds is 16. The molecule has 0 aromatic carbocycles. The Morgan fingerprint density at radius 1 is 0.939 bits per heavy atom. The molecule has 1 aliphatic heterocycles. The molecule has 196 valence electrons. The van der Waals surface area contributed by atoms with Gasteiger partial charge in [0.05, 0.1) is 13.2 Å². The van der Waals surface area contributed by atoms with Crippen LogP contribution in [0.15, 0.2) is 0 Å². The summed E-state index contributed by atoms with van der Waals surface area (Å²) >= 11 is 0. The van der Waals surface area contributed by atoms with E-state index in [1.54, 1.807) is 0 Å². The number of carbonyl (C=O) groups excluding carboxylic acids is 1. The normalized spacial score (nSPS) is 29.3. The number of carbonyl (C=O) groups is 1. The second kappa shape index (κ2) is 15.8. The van der Waals surface area contributed by atoms with Crippen LogP contribution < -0.4 is 11.1 Å². The molecule has 0 bridgehead atoms. The average Bonchev–Trinajstić information content (AvgIpc) is 2.82. The topological polar surface area (TPSA) is 235 Å². The van der Waals surface area contributed by atoms with Gasteiger partial charge in [0.2, 0.25) is 0 Å². The molecule has 13 nitrogen and oxygen atoms in total. The molecule has 0 aromatic heterocycles. The number of unbranched alkanes of at least 4 members (excludes halogenated alkanes) is 5. The maximum Gasteiger partial charge on any atom is 0.251 e. The maximum atomic E-state index is 12.2. The highest BCUT2D eigenvalue weighted by molar-refractivity contribution is 5.81. The Bertz CT molecular complexity index is 542. The lowest BCUT2D eigenvalue weighted by atomic mass is 9.98. The second-order valence-corrected chi connectivity index (χ2v) is 8.18. The Morgan fingerprint density at radius 2 is 1.55 bits per heavy atom. The second-order valence-electron chi connectivity index (χ2n) is 8.18. The number of hydrogen-bond acceptors (Lipinski definition) is 12. The van der Waals surface area contributed by atoms with E-state index in [1.165, 1.54) is 0 Å². The van der Waals surface area contributed by atoms with Crippen molar-refractivity contribution < 1.29 is 55.1 Å². The van der Waals surface area contributed by atoms with Gasteiger partial charge >= 0.3 is 0 Å². The maximum absolute atomic E-state index is 12.2. The summed E-state index contributed by atoms with van der Waals surface area (Å²) in [6, 6.07) is 0. The Hall–Kier alpha value is -0.970. The predicted molar refractivity (Wildman–Crippen MR) is 114 cm³/mol. The van der Waals surface area contributed by atoms with Crippen LogP contribution in [0.25, 0.3) is 0 Å². The molecule has 1 rings (SSSR count). The van der Waals surface area contributed by atoms with E-state index < -0.39 is 74.2 Å². The summed E-state index contributed by atoms with van der Waals surface area (Å²) in [7, 11) is 0. The Balaban J connectivity index is 2.63. The Kier molecular flexibility index (Phi) is 14.4. The first-order valence-corrected chi connectivity index (χ1v) is 11.3. The molecule has 0 saturated carbocycles. The summed E-state index contributed by atoms with van der Waals surface area (Å²) in [4.78, 5) is 12.2. The highest BCUT2D eigenvalue weighted by Gasteiger charge is 2.47. The molecule has 0 aliphatic carbocycles. The van der Waals surface area contributed by atoms with E-state index in [-0.39, 0.29) is 6.54 Å². The van der Waals surface area contributed by atoms with Crippen LogP contribution in [-0.4, -0.2) is 128 Å². The number of aliphatic hydroxyl groups is 8. The van der Waals surface area contributed by atoms with Gasteiger partial charge < -0.3 is 61.4 Å². The van der Waals surface area contributed by atoms with Crippen molar-refractivity contribution in [1.82, 2.24) is 5.32 Å². The Morgan fingerprint density at radius 3 is 2.12 bits per heavy atom. The van der Waals surface area contributed by atoms with Gasteiger partial charge in [0, 0.05) is 6.54 Å². The summed E-state index contributed by atoms with van der Waals surface area (Å²) in [5, 5.41) is 81.4. The van der Waals surface area contributed by atoms with Crippen molar-refractivity contribution >= 4 is 5.91 Å². The van der Waals surface area contributed by atoms with Gasteiger partial charge in [-0.1, -0.05) is 25.7 Å². The summed E-state index contributed by atoms with van der Waals surface area (Å²) in [5.74, 6) is -0.932. The van der Waals surface area contributed by atoms with E-state index in [0.29, 0.717) is 13.0 Å². The lowest BCUT2D eigenvalue weighted by molar-refractivity contribution is -0.326. The molecule has 1 saturated heterocycles. The van der Waals surface area contributed by atoms with Crippen LogP contribution in [0.3, 0.4) is 0 Å². The van der Waals surface area contributed by atoms with E-state index in [4.69, 9.17) is 15.2 Å². The molecule has 0 aromatic rings. The highest BCUT2D eigenvalue weighted by Crippen LogP contribution is 2.25. The fourth-order valence-corrected chi connectivity index (χ4v) is 3.46. The van der Waals surface area contributed by atoms with E-state index >= 15 is 0 Å².